The van der Waals surface area contributed by atoms with E-state index in [4.69, 9.17) is 10.00 Å². The van der Waals surface area contributed by atoms with Crippen molar-refractivity contribution in [2.24, 2.45) is 0 Å². The first-order valence-corrected chi connectivity index (χ1v) is 6.01. The third kappa shape index (κ3) is 3.01. The van der Waals surface area contributed by atoms with Gasteiger partial charge in [-0.1, -0.05) is 17.7 Å². The summed E-state index contributed by atoms with van der Waals surface area (Å²) in [6.07, 6.45) is 0.706. The van der Waals surface area contributed by atoms with Crippen molar-refractivity contribution >= 4 is 6.29 Å². The highest BCUT2D eigenvalue weighted by Crippen LogP contribution is 2.20. The Morgan fingerprint density at radius 2 is 2.10 bits per heavy atom. The molecule has 0 aromatic heterocycles. The Bertz CT molecular complexity index is 689. The SMILES string of the molecule is Cc1ccc(OCc2ccc(C#N)cc2F)c(C=O)c1. The molecule has 0 N–H and O–H groups in total. The lowest BCUT2D eigenvalue weighted by Crippen LogP contribution is -2.01. The Kier molecular flexibility index (Phi) is 4.11. The van der Waals surface area contributed by atoms with Gasteiger partial charge in [-0.25, -0.2) is 4.39 Å². The zero-order valence-electron chi connectivity index (χ0n) is 10.9. The molecule has 2 rings (SSSR count). The molecular formula is C16H12FNO2. The van der Waals surface area contributed by atoms with Gasteiger partial charge >= 0.3 is 0 Å². The summed E-state index contributed by atoms with van der Waals surface area (Å²) in [6, 6.07) is 11.3. The summed E-state index contributed by atoms with van der Waals surface area (Å²) in [4.78, 5) is 11.0. The van der Waals surface area contributed by atoms with Gasteiger partial charge in [0, 0.05) is 5.56 Å². The molecule has 0 heterocycles. The quantitative estimate of drug-likeness (QED) is 0.799. The standard InChI is InChI=1S/C16H12FNO2/c1-11-2-5-16(14(6-11)9-19)20-10-13-4-3-12(8-18)7-15(13)17/h2-7,9H,10H2,1H3. The van der Waals surface area contributed by atoms with Gasteiger partial charge in [-0.2, -0.15) is 5.26 Å². The number of halogens is 1. The molecule has 2 aromatic rings. The fourth-order valence-corrected chi connectivity index (χ4v) is 1.78. The number of nitrogens with zero attached hydrogens (tertiary/aromatic N) is 1. The van der Waals surface area contributed by atoms with Crippen LogP contribution in [0.15, 0.2) is 36.4 Å². The maximum atomic E-state index is 13.7. The van der Waals surface area contributed by atoms with E-state index in [1.807, 2.05) is 19.1 Å². The summed E-state index contributed by atoms with van der Waals surface area (Å²) in [5.41, 5.74) is 1.97. The van der Waals surface area contributed by atoms with E-state index in [0.717, 1.165) is 11.6 Å². The monoisotopic (exact) mass is 269 g/mol. The van der Waals surface area contributed by atoms with Crippen LogP contribution in [-0.4, -0.2) is 6.29 Å². The topological polar surface area (TPSA) is 50.1 Å². The van der Waals surface area contributed by atoms with Crippen LogP contribution >= 0.6 is 0 Å². The molecule has 0 spiro atoms. The highest BCUT2D eigenvalue weighted by atomic mass is 19.1. The fraction of sp³-hybridized carbons (Fsp3) is 0.125. The first-order valence-electron chi connectivity index (χ1n) is 6.01. The van der Waals surface area contributed by atoms with Gasteiger partial charge in [0.15, 0.2) is 6.29 Å². The number of hydrogen-bond donors (Lipinski definition) is 0. The molecule has 20 heavy (non-hydrogen) atoms. The van der Waals surface area contributed by atoms with Crippen LogP contribution < -0.4 is 4.74 Å². The lowest BCUT2D eigenvalue weighted by molar-refractivity contribution is 0.111. The molecule has 0 atom stereocenters. The third-order valence-electron chi connectivity index (χ3n) is 2.86. The Hall–Kier alpha value is -2.67. The zero-order valence-corrected chi connectivity index (χ0v) is 10.9. The predicted octanol–water partition coefficient (Wildman–Crippen LogP) is 3.40. The van der Waals surface area contributed by atoms with Crippen LogP contribution in [0.3, 0.4) is 0 Å². The van der Waals surface area contributed by atoms with E-state index in [-0.39, 0.29) is 12.2 Å². The average molecular weight is 269 g/mol. The molecule has 0 aliphatic carbocycles. The minimum Gasteiger partial charge on any atom is -0.488 e. The van der Waals surface area contributed by atoms with E-state index in [2.05, 4.69) is 0 Å². The molecule has 0 saturated carbocycles. The molecule has 0 aliphatic heterocycles. The number of nitriles is 1. The largest absolute Gasteiger partial charge is 0.488 e. The normalized spacial score (nSPS) is 9.85. The number of carbonyl (C=O) groups is 1. The van der Waals surface area contributed by atoms with Crippen molar-refractivity contribution in [3.63, 3.8) is 0 Å². The highest BCUT2D eigenvalue weighted by Gasteiger charge is 2.07. The molecule has 100 valence electrons. The maximum absolute atomic E-state index is 13.7. The van der Waals surface area contributed by atoms with Crippen LogP contribution in [0.5, 0.6) is 5.75 Å². The molecule has 4 heteroatoms. The van der Waals surface area contributed by atoms with E-state index in [1.54, 1.807) is 12.1 Å². The number of benzene rings is 2. The second-order valence-electron chi connectivity index (χ2n) is 4.37. The molecule has 0 radical (unpaired) electrons. The molecule has 0 amide bonds. The summed E-state index contributed by atoms with van der Waals surface area (Å²) in [5.74, 6) is -0.0850. The van der Waals surface area contributed by atoms with Gasteiger partial charge in [0.2, 0.25) is 0 Å². The summed E-state index contributed by atoms with van der Waals surface area (Å²) < 4.78 is 19.2. The van der Waals surface area contributed by atoms with Crippen LogP contribution in [0.25, 0.3) is 0 Å². The molecule has 0 saturated heterocycles. The third-order valence-corrected chi connectivity index (χ3v) is 2.86. The number of aldehydes is 1. The van der Waals surface area contributed by atoms with Gasteiger partial charge in [0.25, 0.3) is 0 Å². The van der Waals surface area contributed by atoms with Gasteiger partial charge in [-0.15, -0.1) is 0 Å². The molecule has 2 aromatic carbocycles. The zero-order chi connectivity index (χ0) is 14.5. The van der Waals surface area contributed by atoms with Crippen LogP contribution in [-0.2, 0) is 6.61 Å². The summed E-state index contributed by atoms with van der Waals surface area (Å²) in [6.45, 7) is 1.87. The van der Waals surface area contributed by atoms with Gasteiger partial charge in [-0.3, -0.25) is 4.79 Å². The van der Waals surface area contributed by atoms with E-state index < -0.39 is 5.82 Å². The maximum Gasteiger partial charge on any atom is 0.153 e. The van der Waals surface area contributed by atoms with E-state index >= 15 is 0 Å². The summed E-state index contributed by atoms with van der Waals surface area (Å²) in [5, 5.41) is 8.67. The molecular weight excluding hydrogens is 257 g/mol. The van der Waals surface area contributed by atoms with Crippen molar-refractivity contribution in [2.75, 3.05) is 0 Å². The van der Waals surface area contributed by atoms with E-state index in [0.29, 0.717) is 23.2 Å². The van der Waals surface area contributed by atoms with Crippen molar-refractivity contribution in [3.8, 4) is 11.8 Å². The van der Waals surface area contributed by atoms with Gasteiger partial charge in [0.1, 0.15) is 18.2 Å². The Morgan fingerprint density at radius 1 is 1.30 bits per heavy atom. The minimum atomic E-state index is -0.496. The predicted molar refractivity (Wildman–Crippen MR) is 72.0 cm³/mol. The first-order chi connectivity index (χ1) is 9.63. The van der Waals surface area contributed by atoms with Gasteiger partial charge < -0.3 is 4.74 Å². The van der Waals surface area contributed by atoms with E-state index in [9.17, 15) is 9.18 Å². The second-order valence-corrected chi connectivity index (χ2v) is 4.37. The number of hydrogen-bond acceptors (Lipinski definition) is 3. The Balaban J connectivity index is 2.17. The average Bonchev–Trinajstić information content (AvgIpc) is 2.46. The first kappa shape index (κ1) is 13.8. The van der Waals surface area contributed by atoms with Crippen molar-refractivity contribution in [3.05, 3.63) is 64.5 Å². The van der Waals surface area contributed by atoms with Crippen molar-refractivity contribution in [1.82, 2.24) is 0 Å². The van der Waals surface area contributed by atoms with Gasteiger partial charge in [0.05, 0.1) is 17.2 Å². The van der Waals surface area contributed by atoms with Crippen molar-refractivity contribution in [2.45, 2.75) is 13.5 Å². The summed E-state index contributed by atoms with van der Waals surface area (Å²) >= 11 is 0. The van der Waals surface area contributed by atoms with Gasteiger partial charge in [-0.05, 0) is 31.2 Å². The fourth-order valence-electron chi connectivity index (χ4n) is 1.78. The highest BCUT2D eigenvalue weighted by molar-refractivity contribution is 5.79. The van der Waals surface area contributed by atoms with Crippen molar-refractivity contribution in [1.29, 1.82) is 5.26 Å². The van der Waals surface area contributed by atoms with Crippen LogP contribution in [0, 0.1) is 24.1 Å². The van der Waals surface area contributed by atoms with Crippen LogP contribution in [0.1, 0.15) is 27.0 Å². The number of rotatable bonds is 4. The number of ether oxygens (including phenoxy) is 1. The second kappa shape index (κ2) is 5.98. The smallest absolute Gasteiger partial charge is 0.153 e. The molecule has 3 nitrogen and oxygen atoms in total. The summed E-state index contributed by atoms with van der Waals surface area (Å²) in [7, 11) is 0. The number of carbonyl (C=O) groups excluding carboxylic acids is 1. The molecule has 0 aliphatic rings. The lowest BCUT2D eigenvalue weighted by atomic mass is 10.1. The Labute approximate surface area is 116 Å². The minimum absolute atomic E-state index is 0.00143. The lowest BCUT2D eigenvalue weighted by Gasteiger charge is -2.10. The molecule has 0 unspecified atom stereocenters. The molecule has 0 bridgehead atoms. The van der Waals surface area contributed by atoms with Crippen LogP contribution in [0.4, 0.5) is 4.39 Å². The molecule has 0 fully saturated rings. The number of aryl methyl sites for hydroxylation is 1. The van der Waals surface area contributed by atoms with E-state index in [1.165, 1.54) is 12.1 Å². The van der Waals surface area contributed by atoms with Crippen molar-refractivity contribution < 1.29 is 13.9 Å². The Morgan fingerprint density at radius 3 is 2.75 bits per heavy atom. The van der Waals surface area contributed by atoms with Crippen LogP contribution in [0.2, 0.25) is 0 Å².